The van der Waals surface area contributed by atoms with Gasteiger partial charge in [0.25, 0.3) is 5.91 Å². The molecule has 0 atom stereocenters. The first-order valence-corrected chi connectivity index (χ1v) is 10.7. The molecule has 2 heterocycles. The molecule has 0 aliphatic carbocycles. The number of hydrogen-bond donors (Lipinski definition) is 1. The van der Waals surface area contributed by atoms with Gasteiger partial charge >= 0.3 is 0 Å². The number of aryl methyl sites for hydroxylation is 3. The minimum absolute atomic E-state index is 0.00597. The van der Waals surface area contributed by atoms with Crippen LogP contribution in [0.3, 0.4) is 0 Å². The molecule has 0 aliphatic heterocycles. The normalized spacial score (nSPS) is 10.9. The van der Waals surface area contributed by atoms with Crippen molar-refractivity contribution in [1.82, 2.24) is 14.8 Å². The number of nitriles is 1. The summed E-state index contributed by atoms with van der Waals surface area (Å²) in [6.07, 6.45) is 1.36. The van der Waals surface area contributed by atoms with Crippen LogP contribution in [0, 0.1) is 32.1 Å². The minimum Gasteiger partial charge on any atom is -0.305 e. The van der Waals surface area contributed by atoms with E-state index in [1.807, 2.05) is 39.0 Å². The largest absolute Gasteiger partial charge is 0.305 e. The van der Waals surface area contributed by atoms with E-state index in [9.17, 15) is 10.1 Å². The number of benzene rings is 2. The summed E-state index contributed by atoms with van der Waals surface area (Å²) in [6, 6.07) is 11.0. The van der Waals surface area contributed by atoms with Gasteiger partial charge in [0.1, 0.15) is 11.6 Å². The van der Waals surface area contributed by atoms with Crippen LogP contribution in [0.25, 0.3) is 16.7 Å². The van der Waals surface area contributed by atoms with Crippen LogP contribution in [-0.4, -0.2) is 20.7 Å². The summed E-state index contributed by atoms with van der Waals surface area (Å²) >= 11 is 18.4. The van der Waals surface area contributed by atoms with Crippen LogP contribution >= 0.6 is 34.8 Å². The molecular formula is C23H16Cl3N5O. The highest BCUT2D eigenvalue weighted by molar-refractivity contribution is 6.46. The van der Waals surface area contributed by atoms with Gasteiger partial charge in [-0.1, -0.05) is 46.4 Å². The zero-order valence-electron chi connectivity index (χ0n) is 17.3. The predicted octanol–water partition coefficient (Wildman–Crippen LogP) is 6.43. The summed E-state index contributed by atoms with van der Waals surface area (Å²) in [5.74, 6) is -0.00673. The number of halogens is 3. The maximum Gasteiger partial charge on any atom is 0.259 e. The van der Waals surface area contributed by atoms with Gasteiger partial charge in [-0.3, -0.25) is 4.79 Å². The Morgan fingerprint density at radius 1 is 1.06 bits per heavy atom. The van der Waals surface area contributed by atoms with Crippen LogP contribution in [0.4, 0.5) is 5.82 Å². The number of carbonyl (C=O) groups is 1. The fraction of sp³-hybridized carbons (Fsp3) is 0.130. The highest BCUT2D eigenvalue weighted by Gasteiger charge is 2.22. The van der Waals surface area contributed by atoms with Gasteiger partial charge in [-0.2, -0.15) is 15.0 Å². The van der Waals surface area contributed by atoms with Gasteiger partial charge in [-0.25, -0.2) is 4.98 Å². The zero-order valence-corrected chi connectivity index (χ0v) is 19.6. The highest BCUT2D eigenvalue weighted by atomic mass is 35.5. The zero-order chi connectivity index (χ0) is 23.2. The average Bonchev–Trinajstić information content (AvgIpc) is 3.14. The van der Waals surface area contributed by atoms with Crippen LogP contribution in [0.15, 0.2) is 36.5 Å². The molecule has 0 bridgehead atoms. The van der Waals surface area contributed by atoms with E-state index in [0.29, 0.717) is 5.82 Å². The van der Waals surface area contributed by atoms with E-state index in [-0.39, 0.29) is 32.0 Å². The highest BCUT2D eigenvalue weighted by Crippen LogP contribution is 2.33. The third kappa shape index (κ3) is 3.80. The number of aromatic nitrogens is 3. The molecule has 1 N–H and O–H groups in total. The Hall–Kier alpha value is -3.11. The van der Waals surface area contributed by atoms with E-state index in [2.05, 4.69) is 16.5 Å². The van der Waals surface area contributed by atoms with Crippen LogP contribution in [-0.2, 0) is 0 Å². The summed E-state index contributed by atoms with van der Waals surface area (Å²) in [5, 5.41) is 17.9. The fourth-order valence-electron chi connectivity index (χ4n) is 3.57. The van der Waals surface area contributed by atoms with E-state index in [1.165, 1.54) is 23.0 Å². The van der Waals surface area contributed by atoms with Crippen molar-refractivity contribution in [3.05, 3.63) is 79.4 Å². The van der Waals surface area contributed by atoms with Gasteiger partial charge in [0.2, 0.25) is 0 Å². The quantitative estimate of drug-likeness (QED) is 0.340. The number of amides is 1. The number of rotatable bonds is 3. The number of fused-ring (bicyclic) bond motifs is 1. The first kappa shape index (κ1) is 22.1. The molecule has 6 nitrogen and oxygen atoms in total. The number of nitrogens with zero attached hydrogens (tertiary/aromatic N) is 4. The van der Waals surface area contributed by atoms with Crippen molar-refractivity contribution in [3.63, 3.8) is 0 Å². The Morgan fingerprint density at radius 2 is 1.78 bits per heavy atom. The molecule has 0 aliphatic rings. The molecule has 1 amide bonds. The molecule has 160 valence electrons. The molecule has 0 spiro atoms. The number of hydrogen-bond acceptors (Lipinski definition) is 4. The van der Waals surface area contributed by atoms with Crippen LogP contribution in [0.2, 0.25) is 15.1 Å². The third-order valence-electron chi connectivity index (χ3n) is 5.05. The maximum absolute atomic E-state index is 13.0. The second kappa shape index (κ2) is 8.44. The second-order valence-corrected chi connectivity index (χ2v) is 8.57. The Morgan fingerprint density at radius 3 is 2.50 bits per heavy atom. The third-order valence-corrected chi connectivity index (χ3v) is 6.17. The first-order chi connectivity index (χ1) is 15.2. The Labute approximate surface area is 199 Å². The summed E-state index contributed by atoms with van der Waals surface area (Å²) in [6.45, 7) is 6.00. The van der Waals surface area contributed by atoms with Crippen molar-refractivity contribution < 1.29 is 4.79 Å². The van der Waals surface area contributed by atoms with Crippen LogP contribution in [0.5, 0.6) is 0 Å². The van der Waals surface area contributed by atoms with Crippen LogP contribution < -0.4 is 5.32 Å². The Balaban J connectivity index is 1.85. The van der Waals surface area contributed by atoms with Crippen LogP contribution in [0.1, 0.15) is 32.6 Å². The van der Waals surface area contributed by atoms with Gasteiger partial charge in [0.15, 0.2) is 11.6 Å². The molecule has 0 radical (unpaired) electrons. The molecule has 32 heavy (non-hydrogen) atoms. The minimum atomic E-state index is -0.620. The van der Waals surface area contributed by atoms with E-state index in [0.717, 1.165) is 27.6 Å². The summed E-state index contributed by atoms with van der Waals surface area (Å²) in [5.41, 5.74) is 4.13. The molecule has 0 saturated carbocycles. The van der Waals surface area contributed by atoms with E-state index < -0.39 is 5.91 Å². The Bertz CT molecular complexity index is 1450. The first-order valence-electron chi connectivity index (χ1n) is 9.53. The van der Waals surface area contributed by atoms with Crippen molar-refractivity contribution in [2.75, 3.05) is 5.32 Å². The number of carbonyl (C=O) groups excluding carboxylic acids is 1. The monoisotopic (exact) mass is 483 g/mol. The van der Waals surface area contributed by atoms with E-state index >= 15 is 0 Å². The second-order valence-electron chi connectivity index (χ2n) is 7.38. The van der Waals surface area contributed by atoms with E-state index in [1.54, 1.807) is 0 Å². The van der Waals surface area contributed by atoms with E-state index in [4.69, 9.17) is 39.8 Å². The summed E-state index contributed by atoms with van der Waals surface area (Å²) in [7, 11) is 0. The van der Waals surface area contributed by atoms with Crippen molar-refractivity contribution >= 4 is 57.4 Å². The lowest BCUT2D eigenvalue weighted by atomic mass is 10.0. The van der Waals surface area contributed by atoms with Gasteiger partial charge in [-0.05, 0) is 56.2 Å². The molecule has 0 unspecified atom stereocenters. The van der Waals surface area contributed by atoms with Gasteiger partial charge < -0.3 is 5.32 Å². The Kier molecular flexibility index (Phi) is 5.83. The maximum atomic E-state index is 13.0. The molecular weight excluding hydrogens is 469 g/mol. The van der Waals surface area contributed by atoms with Crippen molar-refractivity contribution in [1.29, 1.82) is 5.26 Å². The molecule has 4 rings (SSSR count). The summed E-state index contributed by atoms with van der Waals surface area (Å²) in [4.78, 5) is 17.8. The smallest absolute Gasteiger partial charge is 0.259 e. The molecule has 0 saturated heterocycles. The molecule has 0 fully saturated rings. The standard InChI is InChI=1S/C23H16Cl3N5O/c1-11-6-13(3)21-15(7-11)12(2)8-18(29-21)31-22(14(9-27)10-28-31)30-23(32)19-16(24)4-5-17(25)20(19)26/h4-8,10H,1-3H3,(H,30,32). The molecule has 2 aromatic carbocycles. The average molecular weight is 485 g/mol. The molecule has 9 heteroatoms. The van der Waals surface area contributed by atoms with Gasteiger partial charge in [0.05, 0.1) is 32.3 Å². The lowest BCUT2D eigenvalue weighted by Crippen LogP contribution is -2.17. The number of nitrogens with one attached hydrogen (secondary N) is 1. The van der Waals surface area contributed by atoms with Crippen molar-refractivity contribution in [2.45, 2.75) is 20.8 Å². The predicted molar refractivity (Wildman–Crippen MR) is 127 cm³/mol. The topological polar surface area (TPSA) is 83.6 Å². The number of anilines is 1. The molecule has 4 aromatic rings. The van der Waals surface area contributed by atoms with Gasteiger partial charge in [0, 0.05) is 5.39 Å². The lowest BCUT2D eigenvalue weighted by molar-refractivity contribution is 0.102. The van der Waals surface area contributed by atoms with Gasteiger partial charge in [-0.15, -0.1) is 0 Å². The molecule has 2 aromatic heterocycles. The lowest BCUT2D eigenvalue weighted by Gasteiger charge is -2.13. The van der Waals surface area contributed by atoms with Crippen molar-refractivity contribution in [2.24, 2.45) is 0 Å². The SMILES string of the molecule is Cc1cc(C)c2nc(-n3ncc(C#N)c3NC(=O)c3c(Cl)ccc(Cl)c3Cl)cc(C)c2c1. The fourth-order valence-corrected chi connectivity index (χ4v) is 4.26. The van der Waals surface area contributed by atoms with Crippen molar-refractivity contribution in [3.8, 4) is 11.9 Å². The number of pyridine rings is 1. The summed E-state index contributed by atoms with van der Waals surface area (Å²) < 4.78 is 1.41.